The molecular weight excluding hydrogens is 800 g/mol. The molecule has 61 heavy (non-hydrogen) atoms. The van der Waals surface area contributed by atoms with Crippen LogP contribution in [0.2, 0.25) is 0 Å². The first kappa shape index (κ1) is 45.9. The Kier molecular flexibility index (Phi) is 13.3. The normalized spacial score (nSPS) is 52.1. The molecule has 0 spiro atoms. The van der Waals surface area contributed by atoms with Crippen molar-refractivity contribution in [3.05, 3.63) is 35.1 Å². The molecule has 8 aliphatic rings. The maximum absolute atomic E-state index is 11.2. The lowest BCUT2D eigenvalue weighted by Gasteiger charge is -2.60. The summed E-state index contributed by atoms with van der Waals surface area (Å²) in [6.45, 7) is 11.8. The molecule has 0 aromatic rings. The smallest absolute Gasteiger partial charge is 0.187 e. The van der Waals surface area contributed by atoms with Gasteiger partial charge in [0.25, 0.3) is 0 Å². The lowest BCUT2D eigenvalue weighted by Crippen LogP contribution is -2.63. The van der Waals surface area contributed by atoms with Crippen LogP contribution in [0.3, 0.4) is 0 Å². The Bertz CT molecular complexity index is 1660. The fourth-order valence-electron chi connectivity index (χ4n) is 12.7. The van der Waals surface area contributed by atoms with E-state index in [9.17, 15) is 51.1 Å². The average Bonchev–Trinajstić information content (AvgIpc) is 3.72. The van der Waals surface area contributed by atoms with Gasteiger partial charge in [0, 0.05) is 24.2 Å². The molecule has 4 aliphatic carbocycles. The molecule has 17 heteroatoms. The molecule has 4 aliphatic heterocycles. The molecule has 3 saturated heterocycles. The summed E-state index contributed by atoms with van der Waals surface area (Å²) in [4.78, 5) is 0. The highest BCUT2D eigenvalue weighted by Crippen LogP contribution is 2.69. The van der Waals surface area contributed by atoms with Crippen LogP contribution in [0.4, 0.5) is 0 Å². The van der Waals surface area contributed by atoms with Crippen molar-refractivity contribution in [1.82, 2.24) is 0 Å². The predicted molar refractivity (Wildman–Crippen MR) is 211 cm³/mol. The van der Waals surface area contributed by atoms with E-state index in [-0.39, 0.29) is 36.6 Å². The summed E-state index contributed by atoms with van der Waals surface area (Å²) >= 11 is 0. The summed E-state index contributed by atoms with van der Waals surface area (Å²) in [6.07, 6.45) is -12.2. The third-order valence-corrected chi connectivity index (χ3v) is 16.2. The van der Waals surface area contributed by atoms with Crippen LogP contribution in [0.15, 0.2) is 35.1 Å². The van der Waals surface area contributed by atoms with Crippen molar-refractivity contribution in [2.24, 2.45) is 34.5 Å². The monoisotopic (exact) mass is 868 g/mol. The summed E-state index contributed by atoms with van der Waals surface area (Å²) in [5.41, 5.74) is 2.61. The van der Waals surface area contributed by atoms with Gasteiger partial charge < -0.3 is 84.2 Å². The highest BCUT2D eigenvalue weighted by molar-refractivity contribution is 5.31. The van der Waals surface area contributed by atoms with Crippen LogP contribution in [0.5, 0.6) is 0 Å². The van der Waals surface area contributed by atoms with Crippen LogP contribution < -0.4 is 0 Å². The van der Waals surface area contributed by atoms with Gasteiger partial charge in [-0.25, -0.2) is 0 Å². The molecule has 3 saturated carbocycles. The highest BCUT2D eigenvalue weighted by atomic mass is 16.8. The molecule has 0 aromatic heterocycles. The summed E-state index contributed by atoms with van der Waals surface area (Å²) < 4.78 is 42.5. The number of fused-ring (bicyclic) bond motifs is 7. The predicted octanol–water partition coefficient (Wildman–Crippen LogP) is -0.352. The first-order valence-electron chi connectivity index (χ1n) is 22.2. The van der Waals surface area contributed by atoms with Crippen LogP contribution in [0, 0.1) is 34.5 Å². The van der Waals surface area contributed by atoms with E-state index in [1.807, 2.05) is 0 Å². The van der Waals surface area contributed by atoms with Crippen LogP contribution in [0.25, 0.3) is 0 Å². The number of aliphatic hydroxyl groups excluding tert-OH is 10. The summed E-state index contributed by atoms with van der Waals surface area (Å²) in [5, 5.41) is 104. The van der Waals surface area contributed by atoms with Gasteiger partial charge in [-0.3, -0.25) is 0 Å². The van der Waals surface area contributed by atoms with E-state index in [1.165, 1.54) is 12.5 Å². The van der Waals surface area contributed by atoms with Crippen molar-refractivity contribution in [2.45, 2.75) is 183 Å². The fourth-order valence-corrected chi connectivity index (χ4v) is 12.7. The van der Waals surface area contributed by atoms with Crippen molar-refractivity contribution in [3.8, 4) is 0 Å². The fraction of sp³-hybridized carbons (Fsp3) is 0.864. The molecule has 2 unspecified atom stereocenters. The molecule has 346 valence electrons. The Morgan fingerprint density at radius 2 is 1.57 bits per heavy atom. The van der Waals surface area contributed by atoms with E-state index in [4.69, 9.17) is 33.2 Å². The van der Waals surface area contributed by atoms with E-state index in [0.29, 0.717) is 37.5 Å². The van der Waals surface area contributed by atoms with Crippen molar-refractivity contribution < 1.29 is 84.2 Å². The SMILES string of the molecule is C=C(CCC1=C(C)C2C(C[C@H]3[C@@H]4CC=C5C[C@@H](O)C[C@@H](O[C@@H]6OC[C@H](O)[C@H](O)[C@H]6O[C@@H]6O[C@@H](C)[C@H](O)[C@@H](O)[C@H]6O)[C@]5(C)[C@H]4CC[C@]23C)O1)CO[C@@H]1O[C@H](CO)[C@@H](O)[C@H](O)[C@H]1O. The minimum absolute atomic E-state index is 0.0189. The van der Waals surface area contributed by atoms with Crippen LogP contribution in [-0.2, 0) is 33.2 Å². The Hall–Kier alpha value is -1.62. The van der Waals surface area contributed by atoms with Gasteiger partial charge in [-0.05, 0) is 81.1 Å². The zero-order chi connectivity index (χ0) is 43.9. The number of hydrogen-bond acceptors (Lipinski definition) is 17. The van der Waals surface area contributed by atoms with Crippen LogP contribution in [0.1, 0.15) is 79.1 Å². The van der Waals surface area contributed by atoms with E-state index in [1.54, 1.807) is 0 Å². The minimum atomic E-state index is -1.64. The maximum Gasteiger partial charge on any atom is 0.187 e. The largest absolute Gasteiger partial charge is 0.494 e. The molecule has 8 rings (SSSR count). The lowest BCUT2D eigenvalue weighted by molar-refractivity contribution is -0.362. The van der Waals surface area contributed by atoms with Gasteiger partial charge in [-0.1, -0.05) is 37.6 Å². The highest BCUT2D eigenvalue weighted by Gasteiger charge is 2.65. The van der Waals surface area contributed by atoms with Gasteiger partial charge in [-0.2, -0.15) is 0 Å². The van der Waals surface area contributed by atoms with Crippen molar-refractivity contribution in [1.29, 1.82) is 0 Å². The van der Waals surface area contributed by atoms with E-state index < -0.39 is 110 Å². The number of aliphatic hydroxyl groups is 10. The molecule has 17 nitrogen and oxygen atoms in total. The quantitative estimate of drug-likeness (QED) is 0.119. The third kappa shape index (κ3) is 7.99. The van der Waals surface area contributed by atoms with E-state index in [2.05, 4.69) is 33.4 Å². The molecule has 0 aromatic carbocycles. The summed E-state index contributed by atoms with van der Waals surface area (Å²) in [7, 11) is 0. The second-order valence-corrected chi connectivity index (χ2v) is 19.7. The second kappa shape index (κ2) is 17.6. The molecule has 23 atom stereocenters. The first-order chi connectivity index (χ1) is 28.9. The average molecular weight is 869 g/mol. The molecule has 6 fully saturated rings. The topological polar surface area (TPSA) is 267 Å². The van der Waals surface area contributed by atoms with Crippen molar-refractivity contribution >= 4 is 0 Å². The lowest BCUT2D eigenvalue weighted by atomic mass is 9.46. The van der Waals surface area contributed by atoms with Gasteiger partial charge in [0.1, 0.15) is 67.1 Å². The number of rotatable bonds is 11. The van der Waals surface area contributed by atoms with Gasteiger partial charge in [-0.15, -0.1) is 0 Å². The minimum Gasteiger partial charge on any atom is -0.494 e. The zero-order valence-electron chi connectivity index (χ0n) is 35.5. The molecular formula is C44H68O17. The number of hydrogen-bond donors (Lipinski definition) is 10. The van der Waals surface area contributed by atoms with Crippen molar-refractivity contribution in [3.63, 3.8) is 0 Å². The standard InChI is InChI=1S/C44H68O17/c1-18(16-55-40-37(53)36(52)34(50)29(15-45)59-40)6-9-27-19(2)31-28(58-27)14-25-23-8-7-21-12-22(46)13-30(44(21,5)24(23)10-11-43(25,31)4)60-42-39(33(49)26(47)17-56-42)61-41-38(54)35(51)32(48)20(3)57-41/h7,20,22-26,28-42,45-54H,1,6,8-17H2,2-5H3/t20-,22+,23+,24-,25-,26-,28?,29+,30+,31?,32-,33-,34+,35+,36-,37+,38+,39+,40+,41-,42-,43-,44-/m0/s1. The second-order valence-electron chi connectivity index (χ2n) is 19.7. The van der Waals surface area contributed by atoms with Gasteiger partial charge in [0.2, 0.25) is 0 Å². The van der Waals surface area contributed by atoms with Crippen LogP contribution >= 0.6 is 0 Å². The Labute approximate surface area is 356 Å². The number of ether oxygens (including phenoxy) is 7. The van der Waals surface area contributed by atoms with E-state index >= 15 is 0 Å². The Morgan fingerprint density at radius 1 is 0.852 bits per heavy atom. The number of allylic oxidation sites excluding steroid dienone is 2. The van der Waals surface area contributed by atoms with E-state index in [0.717, 1.165) is 42.6 Å². The molecule has 0 radical (unpaired) electrons. The molecule has 0 bridgehead atoms. The van der Waals surface area contributed by atoms with Gasteiger partial charge >= 0.3 is 0 Å². The van der Waals surface area contributed by atoms with Crippen LogP contribution in [-0.4, -0.2) is 175 Å². The summed E-state index contributed by atoms with van der Waals surface area (Å²) in [6, 6.07) is 0. The Balaban J connectivity index is 0.940. The Morgan fingerprint density at radius 3 is 2.31 bits per heavy atom. The molecule has 0 amide bonds. The zero-order valence-corrected chi connectivity index (χ0v) is 35.5. The molecule has 10 N–H and O–H groups in total. The van der Waals surface area contributed by atoms with Gasteiger partial charge in [0.15, 0.2) is 18.9 Å². The third-order valence-electron chi connectivity index (χ3n) is 16.2. The maximum atomic E-state index is 11.2. The molecule has 4 heterocycles. The summed E-state index contributed by atoms with van der Waals surface area (Å²) in [5.74, 6) is 2.07. The first-order valence-corrected chi connectivity index (χ1v) is 22.2. The van der Waals surface area contributed by atoms with Gasteiger partial charge in [0.05, 0.1) is 43.9 Å². The van der Waals surface area contributed by atoms with Crippen molar-refractivity contribution in [2.75, 3.05) is 19.8 Å².